The number of aliphatic carboxylic acids is 1. The van der Waals surface area contributed by atoms with E-state index in [1.807, 2.05) is 30.3 Å². The second-order valence-electron chi connectivity index (χ2n) is 2.91. The van der Waals surface area contributed by atoms with Crippen LogP contribution in [-0.4, -0.2) is 11.1 Å². The number of hydrogen-bond donors (Lipinski definition) is 1. The van der Waals surface area contributed by atoms with Gasteiger partial charge in [-0.25, -0.2) is 4.79 Å². The van der Waals surface area contributed by atoms with Crippen LogP contribution >= 0.6 is 11.6 Å². The number of nitrogens with zero attached hydrogens (tertiary/aromatic N) is 1. The van der Waals surface area contributed by atoms with E-state index in [9.17, 15) is 4.79 Å². The van der Waals surface area contributed by atoms with Gasteiger partial charge < -0.3 is 5.11 Å². The van der Waals surface area contributed by atoms with Crippen LogP contribution in [0.5, 0.6) is 0 Å². The van der Waals surface area contributed by atoms with Gasteiger partial charge in [0.2, 0.25) is 0 Å². The summed E-state index contributed by atoms with van der Waals surface area (Å²) in [6, 6.07) is 10.7. The van der Waals surface area contributed by atoms with Crippen LogP contribution in [0.25, 0.3) is 6.08 Å². The minimum atomic E-state index is -1.29. The molecule has 0 unspecified atom stereocenters. The molecule has 0 atom stereocenters. The number of nitriles is 1. The number of allylic oxidation sites excluding steroid dienone is 2. The number of rotatable bonds is 3. The highest BCUT2D eigenvalue weighted by atomic mass is 35.5. The zero-order valence-electron chi connectivity index (χ0n) is 8.22. The van der Waals surface area contributed by atoms with Crippen molar-refractivity contribution in [1.82, 2.24) is 0 Å². The van der Waals surface area contributed by atoms with Gasteiger partial charge in [0, 0.05) is 5.03 Å². The number of benzene rings is 1. The van der Waals surface area contributed by atoms with Gasteiger partial charge in [0.15, 0.2) is 0 Å². The molecular formula is C12H8ClNO2. The molecule has 0 spiro atoms. The number of carbonyl (C=O) groups is 1. The molecule has 1 N–H and O–H groups in total. The van der Waals surface area contributed by atoms with Crippen molar-refractivity contribution in [2.45, 2.75) is 0 Å². The van der Waals surface area contributed by atoms with E-state index < -0.39 is 11.5 Å². The molecule has 0 aliphatic carbocycles. The van der Waals surface area contributed by atoms with Crippen molar-refractivity contribution in [3.63, 3.8) is 0 Å². The Morgan fingerprint density at radius 3 is 2.50 bits per heavy atom. The summed E-state index contributed by atoms with van der Waals surface area (Å²) in [6.45, 7) is 0. The third-order valence-electron chi connectivity index (χ3n) is 1.74. The first-order valence-corrected chi connectivity index (χ1v) is 4.78. The molecule has 1 rings (SSSR count). The molecular weight excluding hydrogens is 226 g/mol. The minimum Gasteiger partial charge on any atom is -0.477 e. The van der Waals surface area contributed by atoms with Crippen molar-refractivity contribution in [2.24, 2.45) is 0 Å². The van der Waals surface area contributed by atoms with E-state index in [1.54, 1.807) is 12.1 Å². The Morgan fingerprint density at radius 1 is 1.38 bits per heavy atom. The highest BCUT2D eigenvalue weighted by molar-refractivity contribution is 6.33. The zero-order valence-corrected chi connectivity index (χ0v) is 8.98. The lowest BCUT2D eigenvalue weighted by molar-refractivity contribution is -0.132. The maximum absolute atomic E-state index is 10.5. The molecule has 0 radical (unpaired) electrons. The third-order valence-corrected chi connectivity index (χ3v) is 1.96. The summed E-state index contributed by atoms with van der Waals surface area (Å²) in [5, 5.41) is 17.3. The topological polar surface area (TPSA) is 61.1 Å². The van der Waals surface area contributed by atoms with Crippen molar-refractivity contribution in [1.29, 1.82) is 5.26 Å². The molecule has 1 aromatic carbocycles. The summed E-state index contributed by atoms with van der Waals surface area (Å²) in [5.74, 6) is -1.29. The van der Waals surface area contributed by atoms with Crippen molar-refractivity contribution in [2.75, 3.05) is 0 Å². The molecule has 0 saturated carbocycles. The van der Waals surface area contributed by atoms with Gasteiger partial charge in [-0.2, -0.15) is 5.26 Å². The summed E-state index contributed by atoms with van der Waals surface area (Å²) < 4.78 is 0. The van der Waals surface area contributed by atoms with Crippen LogP contribution < -0.4 is 0 Å². The molecule has 0 aromatic heterocycles. The van der Waals surface area contributed by atoms with Gasteiger partial charge in [0.05, 0.1) is 0 Å². The average Bonchev–Trinajstić information content (AvgIpc) is 2.27. The van der Waals surface area contributed by atoms with Crippen LogP contribution in [0.3, 0.4) is 0 Å². The summed E-state index contributed by atoms with van der Waals surface area (Å²) in [6.07, 6.45) is 2.71. The highest BCUT2D eigenvalue weighted by Crippen LogP contribution is 2.13. The lowest BCUT2D eigenvalue weighted by Gasteiger charge is -1.93. The molecule has 0 heterocycles. The van der Waals surface area contributed by atoms with Gasteiger partial charge in [0.25, 0.3) is 0 Å². The Balaban J connectivity index is 2.96. The number of halogens is 1. The Morgan fingerprint density at radius 2 is 2.00 bits per heavy atom. The van der Waals surface area contributed by atoms with Crippen molar-refractivity contribution < 1.29 is 9.90 Å². The molecule has 0 aliphatic heterocycles. The first kappa shape index (κ1) is 12.0. The normalized spacial score (nSPS) is 12.0. The highest BCUT2D eigenvalue weighted by Gasteiger charge is 2.05. The van der Waals surface area contributed by atoms with E-state index in [1.165, 1.54) is 0 Å². The third kappa shape index (κ3) is 3.60. The Bertz CT molecular complexity index is 483. The largest absolute Gasteiger partial charge is 0.477 e. The predicted octanol–water partition coefficient (Wildman–Crippen LogP) is 2.80. The maximum atomic E-state index is 10.5. The summed E-state index contributed by atoms with van der Waals surface area (Å²) in [5.41, 5.74) is 0.448. The molecule has 0 aliphatic rings. The summed E-state index contributed by atoms with van der Waals surface area (Å²) >= 11 is 5.80. The van der Waals surface area contributed by atoms with Gasteiger partial charge in [-0.1, -0.05) is 41.9 Å². The molecule has 80 valence electrons. The summed E-state index contributed by atoms with van der Waals surface area (Å²) in [4.78, 5) is 10.5. The second-order valence-corrected chi connectivity index (χ2v) is 3.35. The van der Waals surface area contributed by atoms with E-state index in [-0.39, 0.29) is 5.03 Å². The molecule has 16 heavy (non-hydrogen) atoms. The van der Waals surface area contributed by atoms with Crippen LogP contribution in [0, 0.1) is 11.3 Å². The van der Waals surface area contributed by atoms with Crippen molar-refractivity contribution >= 4 is 23.6 Å². The maximum Gasteiger partial charge on any atom is 0.346 e. The Kier molecular flexibility index (Phi) is 4.31. The van der Waals surface area contributed by atoms with Gasteiger partial charge in [-0.05, 0) is 17.7 Å². The number of carboxylic acid groups (broad SMARTS) is 1. The fourth-order valence-electron chi connectivity index (χ4n) is 1.03. The van der Waals surface area contributed by atoms with E-state index in [0.29, 0.717) is 0 Å². The lowest BCUT2D eigenvalue weighted by Crippen LogP contribution is -1.97. The van der Waals surface area contributed by atoms with Crippen LogP contribution in [-0.2, 0) is 4.79 Å². The number of hydrogen-bond acceptors (Lipinski definition) is 2. The van der Waals surface area contributed by atoms with Crippen molar-refractivity contribution in [3.05, 3.63) is 52.6 Å². The fraction of sp³-hybridized carbons (Fsp3) is 0. The Hall–Kier alpha value is -2.05. The standard InChI is InChI=1S/C12H8ClNO2/c13-11(7-10(8-14)12(15)16)6-9-4-2-1-3-5-9/h1-7H,(H,15,16). The smallest absolute Gasteiger partial charge is 0.346 e. The molecule has 0 amide bonds. The van der Waals surface area contributed by atoms with Crippen LogP contribution in [0.15, 0.2) is 47.0 Å². The first-order valence-electron chi connectivity index (χ1n) is 4.41. The van der Waals surface area contributed by atoms with Gasteiger partial charge in [0.1, 0.15) is 11.6 Å². The lowest BCUT2D eigenvalue weighted by atomic mass is 10.2. The van der Waals surface area contributed by atoms with E-state index >= 15 is 0 Å². The molecule has 0 fully saturated rings. The molecule has 3 nitrogen and oxygen atoms in total. The predicted molar refractivity (Wildman–Crippen MR) is 61.6 cm³/mol. The fourth-order valence-corrected chi connectivity index (χ4v) is 1.26. The van der Waals surface area contributed by atoms with E-state index in [2.05, 4.69) is 0 Å². The number of carboxylic acids is 1. The molecule has 1 aromatic rings. The summed E-state index contributed by atoms with van der Waals surface area (Å²) in [7, 11) is 0. The van der Waals surface area contributed by atoms with Gasteiger partial charge in [-0.3, -0.25) is 0 Å². The van der Waals surface area contributed by atoms with Crippen molar-refractivity contribution in [3.8, 4) is 6.07 Å². The van der Waals surface area contributed by atoms with Crippen LogP contribution in [0.2, 0.25) is 0 Å². The first-order chi connectivity index (χ1) is 7.63. The minimum absolute atomic E-state index is 0.199. The molecule has 4 heteroatoms. The van der Waals surface area contributed by atoms with E-state index in [4.69, 9.17) is 22.0 Å². The Labute approximate surface area is 97.9 Å². The molecule has 0 bridgehead atoms. The van der Waals surface area contributed by atoms with Crippen LogP contribution in [0.4, 0.5) is 0 Å². The average molecular weight is 234 g/mol. The van der Waals surface area contributed by atoms with Gasteiger partial charge in [-0.15, -0.1) is 0 Å². The van der Waals surface area contributed by atoms with Crippen LogP contribution in [0.1, 0.15) is 5.56 Å². The monoisotopic (exact) mass is 233 g/mol. The van der Waals surface area contributed by atoms with Gasteiger partial charge >= 0.3 is 5.97 Å². The SMILES string of the molecule is N#CC(=CC(Cl)=Cc1ccccc1)C(=O)O. The zero-order chi connectivity index (χ0) is 12.0. The quantitative estimate of drug-likeness (QED) is 0.496. The second kappa shape index (κ2) is 5.74. The molecule has 0 saturated heterocycles. The van der Waals surface area contributed by atoms with E-state index in [0.717, 1.165) is 11.6 Å².